The van der Waals surface area contributed by atoms with Crippen LogP contribution in [-0.4, -0.2) is 39.2 Å². The quantitative estimate of drug-likeness (QED) is 0.356. The van der Waals surface area contributed by atoms with Crippen LogP contribution in [0.5, 0.6) is 23.0 Å². The summed E-state index contributed by atoms with van der Waals surface area (Å²) >= 11 is 0. The molecule has 0 amide bonds. The van der Waals surface area contributed by atoms with E-state index in [1.807, 2.05) is 13.8 Å². The van der Waals surface area contributed by atoms with E-state index in [1.54, 1.807) is 36.4 Å². The van der Waals surface area contributed by atoms with E-state index in [1.165, 1.54) is 51.7 Å². The van der Waals surface area contributed by atoms with E-state index in [0.717, 1.165) is 0 Å². The van der Waals surface area contributed by atoms with Crippen LogP contribution in [0.4, 0.5) is 0 Å². The van der Waals surface area contributed by atoms with Gasteiger partial charge in [-0.25, -0.2) is 14.4 Å². The molecule has 0 fully saturated rings. The average Bonchev–Trinajstić information content (AvgIpc) is 2.90. The number of esters is 3. The molecule has 0 aliphatic carbocycles. The lowest BCUT2D eigenvalue weighted by Crippen LogP contribution is -2.13. The fourth-order valence-corrected chi connectivity index (χ4v) is 2.71. The Morgan fingerprint density at radius 2 is 1.00 bits per heavy atom. The number of ether oxygens (including phenoxy) is 5. The van der Waals surface area contributed by atoms with E-state index in [-0.39, 0.29) is 22.6 Å². The van der Waals surface area contributed by atoms with Gasteiger partial charge in [-0.2, -0.15) is 0 Å². The molecule has 34 heavy (non-hydrogen) atoms. The van der Waals surface area contributed by atoms with Crippen molar-refractivity contribution in [3.05, 3.63) is 83.4 Å². The summed E-state index contributed by atoms with van der Waals surface area (Å²) in [7, 11) is 4.22. The molecule has 0 saturated heterocycles. The van der Waals surface area contributed by atoms with Crippen molar-refractivity contribution in [1.82, 2.24) is 0 Å². The summed E-state index contributed by atoms with van der Waals surface area (Å²) < 4.78 is 25.6. The molecule has 8 nitrogen and oxygen atoms in total. The first-order valence-corrected chi connectivity index (χ1v) is 10.4. The fraction of sp³-hybridized carbons (Fsp3) is 0.192. The molecule has 0 unspecified atom stereocenters. The summed E-state index contributed by atoms with van der Waals surface area (Å²) in [6.07, 6.45) is 0. The van der Waals surface area contributed by atoms with Crippen LogP contribution in [0, 0.1) is 0 Å². The van der Waals surface area contributed by atoms with Gasteiger partial charge in [0.25, 0.3) is 0 Å². The molecule has 0 heterocycles. The highest BCUT2D eigenvalue weighted by molar-refractivity contribution is 5.97. The number of hydrogen-bond acceptors (Lipinski definition) is 8. The van der Waals surface area contributed by atoms with Crippen LogP contribution >= 0.6 is 0 Å². The predicted molar refractivity (Wildman–Crippen MR) is 125 cm³/mol. The topological polar surface area (TPSA) is 97.4 Å². The van der Waals surface area contributed by atoms with Crippen LogP contribution in [0.15, 0.2) is 66.7 Å². The Hall–Kier alpha value is -4.33. The lowest BCUT2D eigenvalue weighted by atomic mass is 10.1. The molecule has 3 aromatic rings. The molecule has 0 aliphatic heterocycles. The molecule has 0 aromatic heterocycles. The average molecular weight is 466 g/mol. The second-order valence-corrected chi connectivity index (χ2v) is 6.39. The van der Waals surface area contributed by atoms with E-state index in [4.69, 9.17) is 23.7 Å². The molecule has 0 spiro atoms. The first-order chi connectivity index (χ1) is 16.4. The van der Waals surface area contributed by atoms with Gasteiger partial charge < -0.3 is 23.7 Å². The molecule has 0 bridgehead atoms. The maximum absolute atomic E-state index is 12.5. The smallest absolute Gasteiger partial charge is 0.343 e. The van der Waals surface area contributed by atoms with Crippen molar-refractivity contribution in [3.8, 4) is 23.0 Å². The van der Waals surface area contributed by atoms with E-state index < -0.39 is 17.9 Å². The second-order valence-electron chi connectivity index (χ2n) is 6.39. The summed E-state index contributed by atoms with van der Waals surface area (Å²) in [6, 6.07) is 16.7. The maximum Gasteiger partial charge on any atom is 0.343 e. The number of methoxy groups -OCH3 is 3. The van der Waals surface area contributed by atoms with Crippen LogP contribution < -0.4 is 18.9 Å². The highest BCUT2D eigenvalue weighted by Gasteiger charge is 2.20. The molecule has 8 heteroatoms. The lowest BCUT2D eigenvalue weighted by molar-refractivity contribution is 0.0589. The van der Waals surface area contributed by atoms with Crippen molar-refractivity contribution in [2.24, 2.45) is 0 Å². The molecule has 0 atom stereocenters. The monoisotopic (exact) mass is 466 g/mol. The number of benzene rings is 3. The van der Waals surface area contributed by atoms with Gasteiger partial charge in [-0.05, 0) is 66.7 Å². The minimum absolute atomic E-state index is 0.0399. The standard InChI is InChI=1S/C24H20O8.C2H6/c1-28-17-8-4-15(5-9-17)22(25)31-19-12-13-21(20(14-19)24(27)30-3)32-23(26)16-6-10-18(29-2)11-7-16;1-2/h4-14H,1-3H3;1-2H3. The minimum Gasteiger partial charge on any atom is -0.497 e. The highest BCUT2D eigenvalue weighted by atomic mass is 16.5. The Morgan fingerprint density at radius 3 is 1.44 bits per heavy atom. The van der Waals surface area contributed by atoms with Crippen molar-refractivity contribution in [1.29, 1.82) is 0 Å². The third-order valence-electron chi connectivity index (χ3n) is 4.42. The Morgan fingerprint density at radius 1 is 0.559 bits per heavy atom. The molecular weight excluding hydrogens is 440 g/mol. The minimum atomic E-state index is -0.759. The zero-order valence-electron chi connectivity index (χ0n) is 19.6. The largest absolute Gasteiger partial charge is 0.497 e. The first-order valence-electron chi connectivity index (χ1n) is 10.4. The van der Waals surface area contributed by atoms with Gasteiger partial charge in [-0.1, -0.05) is 13.8 Å². The number of carbonyl (C=O) groups is 3. The van der Waals surface area contributed by atoms with Crippen molar-refractivity contribution >= 4 is 17.9 Å². The zero-order chi connectivity index (χ0) is 25.1. The lowest BCUT2D eigenvalue weighted by Gasteiger charge is -2.11. The molecular formula is C26H26O8. The van der Waals surface area contributed by atoms with Gasteiger partial charge in [0.05, 0.1) is 32.5 Å². The zero-order valence-corrected chi connectivity index (χ0v) is 19.6. The number of carbonyl (C=O) groups excluding carboxylic acids is 3. The highest BCUT2D eigenvalue weighted by Crippen LogP contribution is 2.27. The SMILES string of the molecule is CC.COC(=O)c1cc(OC(=O)c2ccc(OC)cc2)ccc1OC(=O)c1ccc(OC)cc1. The van der Waals surface area contributed by atoms with E-state index in [0.29, 0.717) is 17.1 Å². The third kappa shape index (κ3) is 6.59. The summed E-state index contributed by atoms with van der Waals surface area (Å²) in [5.74, 6) is -0.855. The van der Waals surface area contributed by atoms with E-state index >= 15 is 0 Å². The van der Waals surface area contributed by atoms with Gasteiger partial charge in [-0.15, -0.1) is 0 Å². The van der Waals surface area contributed by atoms with Gasteiger partial charge in [-0.3, -0.25) is 0 Å². The summed E-state index contributed by atoms with van der Waals surface area (Å²) in [4.78, 5) is 37.1. The summed E-state index contributed by atoms with van der Waals surface area (Å²) in [5, 5.41) is 0. The number of rotatable bonds is 7. The van der Waals surface area contributed by atoms with Crippen molar-refractivity contribution in [2.75, 3.05) is 21.3 Å². The predicted octanol–water partition coefficient (Wildman–Crippen LogP) is 4.96. The molecule has 0 radical (unpaired) electrons. The van der Waals surface area contributed by atoms with Crippen molar-refractivity contribution < 1.29 is 38.1 Å². The van der Waals surface area contributed by atoms with E-state index in [9.17, 15) is 14.4 Å². The van der Waals surface area contributed by atoms with Gasteiger partial charge in [0.2, 0.25) is 0 Å². The molecule has 0 saturated carbocycles. The van der Waals surface area contributed by atoms with Crippen LogP contribution in [0.3, 0.4) is 0 Å². The third-order valence-corrected chi connectivity index (χ3v) is 4.42. The molecule has 0 N–H and O–H groups in total. The van der Waals surface area contributed by atoms with Crippen LogP contribution in [0.2, 0.25) is 0 Å². The maximum atomic E-state index is 12.5. The fourth-order valence-electron chi connectivity index (χ4n) is 2.71. The number of hydrogen-bond donors (Lipinski definition) is 0. The normalized spacial score (nSPS) is 9.68. The van der Waals surface area contributed by atoms with Crippen molar-refractivity contribution in [2.45, 2.75) is 13.8 Å². The molecule has 3 rings (SSSR count). The Kier molecular flexibility index (Phi) is 9.64. The van der Waals surface area contributed by atoms with Gasteiger partial charge >= 0.3 is 17.9 Å². The Balaban J connectivity index is 0.00000199. The van der Waals surface area contributed by atoms with Crippen LogP contribution in [0.1, 0.15) is 44.9 Å². The molecule has 3 aromatic carbocycles. The Bertz CT molecular complexity index is 1120. The Labute approximate surface area is 198 Å². The van der Waals surface area contributed by atoms with Crippen LogP contribution in [-0.2, 0) is 4.74 Å². The summed E-state index contributed by atoms with van der Waals surface area (Å²) in [5.41, 5.74) is 0.478. The molecule has 0 aliphatic rings. The van der Waals surface area contributed by atoms with Crippen LogP contribution in [0.25, 0.3) is 0 Å². The molecule has 178 valence electrons. The van der Waals surface area contributed by atoms with Gasteiger partial charge in [0.1, 0.15) is 28.6 Å². The van der Waals surface area contributed by atoms with Gasteiger partial charge in [0, 0.05) is 0 Å². The van der Waals surface area contributed by atoms with Crippen molar-refractivity contribution in [3.63, 3.8) is 0 Å². The summed E-state index contributed by atoms with van der Waals surface area (Å²) in [6.45, 7) is 4.00. The first kappa shape index (κ1) is 25.9. The second kappa shape index (κ2) is 12.6. The van der Waals surface area contributed by atoms with E-state index in [2.05, 4.69) is 0 Å². The van der Waals surface area contributed by atoms with Gasteiger partial charge in [0.15, 0.2) is 0 Å².